The van der Waals surface area contributed by atoms with Crippen LogP contribution in [0.3, 0.4) is 0 Å². The Morgan fingerprint density at radius 2 is 1.83 bits per heavy atom. The number of aliphatic hydroxyl groups is 1. The number of carbonyl (C=O) groups excluding carboxylic acids is 1. The number of aromatic nitrogens is 1. The molecule has 4 nitrogen and oxygen atoms in total. The van der Waals surface area contributed by atoms with Gasteiger partial charge in [0.25, 0.3) is 0 Å². The molecule has 0 saturated heterocycles. The number of benzene rings is 2. The number of allylic oxidation sites excluding steroid dienone is 2. The first-order valence-electron chi connectivity index (χ1n) is 7.04. The topological polar surface area (TPSA) is 63.3 Å². The van der Waals surface area contributed by atoms with Crippen LogP contribution in [0.2, 0.25) is 0 Å². The van der Waals surface area contributed by atoms with Crippen molar-refractivity contribution in [1.29, 1.82) is 0 Å². The Labute approximate surface area is 141 Å². The van der Waals surface area contributed by atoms with E-state index >= 15 is 0 Å². The number of hydrogen-bond acceptors (Lipinski definition) is 4. The van der Waals surface area contributed by atoms with Crippen molar-refractivity contribution >= 4 is 38.4 Å². The third-order valence-electron chi connectivity index (χ3n) is 3.48. The molecule has 2 aromatic carbocycles. The third kappa shape index (κ3) is 2.92. The normalized spacial score (nSPS) is 12.3. The smallest absolute Gasteiger partial charge is 0.234 e. The molecule has 0 atom stereocenters. The van der Waals surface area contributed by atoms with Crippen molar-refractivity contribution < 1.29 is 14.3 Å². The van der Waals surface area contributed by atoms with E-state index in [1.165, 1.54) is 13.8 Å². The highest BCUT2D eigenvalue weighted by atomic mass is 79.9. The van der Waals surface area contributed by atoms with Gasteiger partial charge in [-0.05, 0) is 53.0 Å². The van der Waals surface area contributed by atoms with Crippen LogP contribution in [0.5, 0.6) is 0 Å². The van der Waals surface area contributed by atoms with Gasteiger partial charge in [-0.2, -0.15) is 0 Å². The zero-order chi connectivity index (χ0) is 16.6. The maximum absolute atomic E-state index is 11.7. The van der Waals surface area contributed by atoms with Gasteiger partial charge in [-0.1, -0.05) is 30.3 Å². The summed E-state index contributed by atoms with van der Waals surface area (Å²) < 4.78 is 6.42. The molecule has 23 heavy (non-hydrogen) atoms. The molecule has 3 rings (SSSR count). The van der Waals surface area contributed by atoms with E-state index in [2.05, 4.69) is 20.9 Å². The SMILES string of the molecule is CC(=O)/C(=C(/C)O)c1nc2cc(-c3ccccc3)cc(Br)c2o1. The summed E-state index contributed by atoms with van der Waals surface area (Å²) in [5.74, 6) is -0.280. The summed E-state index contributed by atoms with van der Waals surface area (Å²) in [5, 5.41) is 9.71. The third-order valence-corrected chi connectivity index (χ3v) is 4.07. The van der Waals surface area contributed by atoms with Gasteiger partial charge in [0.1, 0.15) is 16.8 Å². The fourth-order valence-corrected chi connectivity index (χ4v) is 2.99. The lowest BCUT2D eigenvalue weighted by Crippen LogP contribution is -1.99. The number of hydrogen-bond donors (Lipinski definition) is 1. The largest absolute Gasteiger partial charge is 0.512 e. The quantitative estimate of drug-likeness (QED) is 0.511. The van der Waals surface area contributed by atoms with Crippen molar-refractivity contribution in [2.45, 2.75) is 13.8 Å². The molecule has 0 aliphatic heterocycles. The number of aliphatic hydroxyl groups excluding tert-OH is 1. The van der Waals surface area contributed by atoms with Crippen LogP contribution in [0.4, 0.5) is 0 Å². The van der Waals surface area contributed by atoms with Gasteiger partial charge in [0.15, 0.2) is 11.4 Å². The molecule has 0 aliphatic carbocycles. The van der Waals surface area contributed by atoms with E-state index in [0.29, 0.717) is 11.1 Å². The predicted molar refractivity (Wildman–Crippen MR) is 93.0 cm³/mol. The van der Waals surface area contributed by atoms with Crippen LogP contribution in [0, 0.1) is 0 Å². The zero-order valence-corrected chi connectivity index (χ0v) is 14.2. The minimum absolute atomic E-state index is 0.0920. The van der Waals surface area contributed by atoms with E-state index in [0.717, 1.165) is 15.6 Å². The number of rotatable bonds is 3. The van der Waals surface area contributed by atoms with Gasteiger partial charge in [0.05, 0.1) is 4.47 Å². The van der Waals surface area contributed by atoms with Crippen molar-refractivity contribution in [2.75, 3.05) is 0 Å². The summed E-state index contributed by atoms with van der Waals surface area (Å²) in [6.07, 6.45) is 0. The van der Waals surface area contributed by atoms with E-state index in [9.17, 15) is 9.90 Å². The Morgan fingerprint density at radius 1 is 1.13 bits per heavy atom. The van der Waals surface area contributed by atoms with Gasteiger partial charge in [-0.25, -0.2) is 4.98 Å². The minimum atomic E-state index is -0.295. The second-order valence-electron chi connectivity index (χ2n) is 5.21. The number of fused-ring (bicyclic) bond motifs is 1. The molecule has 1 aromatic heterocycles. The van der Waals surface area contributed by atoms with Crippen LogP contribution >= 0.6 is 15.9 Å². The molecule has 5 heteroatoms. The molecule has 0 amide bonds. The van der Waals surface area contributed by atoms with Gasteiger partial charge in [-0.15, -0.1) is 0 Å². The first kappa shape index (κ1) is 15.5. The second kappa shape index (κ2) is 6.01. The molecule has 0 fully saturated rings. The Morgan fingerprint density at radius 3 is 2.43 bits per heavy atom. The number of Topliss-reactive ketones (excluding diaryl/α,β-unsaturated/α-hetero) is 1. The van der Waals surface area contributed by atoms with Gasteiger partial charge < -0.3 is 9.52 Å². The predicted octanol–water partition coefficient (Wildman–Crippen LogP) is 5.14. The molecule has 0 radical (unpaired) electrons. The summed E-state index contributed by atoms with van der Waals surface area (Å²) in [7, 11) is 0. The summed E-state index contributed by atoms with van der Waals surface area (Å²) in [6, 6.07) is 13.7. The molecule has 0 aliphatic rings. The molecule has 3 aromatic rings. The molecule has 1 heterocycles. The Kier molecular flexibility index (Phi) is 4.05. The van der Waals surface area contributed by atoms with Crippen LogP contribution in [0.15, 0.2) is 57.1 Å². The fourth-order valence-electron chi connectivity index (χ4n) is 2.46. The van der Waals surface area contributed by atoms with Gasteiger partial charge in [0, 0.05) is 0 Å². The molecule has 1 N–H and O–H groups in total. The van der Waals surface area contributed by atoms with E-state index in [1.54, 1.807) is 0 Å². The Balaban J connectivity index is 2.20. The Bertz CT molecular complexity index is 922. The van der Waals surface area contributed by atoms with E-state index in [-0.39, 0.29) is 23.0 Å². The number of nitrogens with zero attached hydrogens (tertiary/aromatic N) is 1. The van der Waals surface area contributed by atoms with E-state index in [1.807, 2.05) is 42.5 Å². The van der Waals surface area contributed by atoms with Crippen LogP contribution in [-0.2, 0) is 4.79 Å². The lowest BCUT2D eigenvalue weighted by Gasteiger charge is -2.02. The maximum Gasteiger partial charge on any atom is 0.234 e. The first-order valence-corrected chi connectivity index (χ1v) is 7.83. The monoisotopic (exact) mass is 371 g/mol. The number of halogens is 1. The van der Waals surface area contributed by atoms with Crippen molar-refractivity contribution in [3.05, 3.63) is 58.6 Å². The number of oxazole rings is 1. The first-order chi connectivity index (χ1) is 11.0. The second-order valence-corrected chi connectivity index (χ2v) is 6.06. The summed E-state index contributed by atoms with van der Waals surface area (Å²) >= 11 is 3.48. The van der Waals surface area contributed by atoms with Crippen molar-refractivity contribution in [1.82, 2.24) is 4.98 Å². The molecular weight excluding hydrogens is 358 g/mol. The average molecular weight is 372 g/mol. The number of ketones is 1. The molecule has 116 valence electrons. The maximum atomic E-state index is 11.7. The standard InChI is InChI=1S/C18H14BrNO3/c1-10(21)16(11(2)22)18-20-15-9-13(8-14(19)17(15)23-18)12-6-4-3-5-7-12/h3-9,21H,1-2H3/b16-10+. The van der Waals surface area contributed by atoms with Gasteiger partial charge in [0.2, 0.25) is 5.89 Å². The number of carbonyl (C=O) groups is 1. The highest BCUT2D eigenvalue weighted by Crippen LogP contribution is 2.33. The fraction of sp³-hybridized carbons (Fsp3) is 0.111. The van der Waals surface area contributed by atoms with E-state index < -0.39 is 0 Å². The highest BCUT2D eigenvalue weighted by molar-refractivity contribution is 9.10. The van der Waals surface area contributed by atoms with Crippen molar-refractivity contribution in [3.63, 3.8) is 0 Å². The summed E-state index contributed by atoms with van der Waals surface area (Å²) in [6.45, 7) is 2.81. The lowest BCUT2D eigenvalue weighted by molar-refractivity contribution is -0.112. The average Bonchev–Trinajstić information content (AvgIpc) is 2.91. The van der Waals surface area contributed by atoms with Crippen LogP contribution < -0.4 is 0 Å². The Hall–Kier alpha value is -2.40. The van der Waals surface area contributed by atoms with Crippen LogP contribution in [0.1, 0.15) is 19.7 Å². The van der Waals surface area contributed by atoms with Gasteiger partial charge in [-0.3, -0.25) is 4.79 Å². The summed E-state index contributed by atoms with van der Waals surface area (Å²) in [5.41, 5.74) is 3.29. The molecular formula is C18H14BrNO3. The summed E-state index contributed by atoms with van der Waals surface area (Å²) in [4.78, 5) is 16.1. The molecule has 0 unspecified atom stereocenters. The molecule has 0 spiro atoms. The van der Waals surface area contributed by atoms with Crippen molar-refractivity contribution in [2.24, 2.45) is 0 Å². The molecule has 0 bridgehead atoms. The van der Waals surface area contributed by atoms with E-state index in [4.69, 9.17) is 4.42 Å². The lowest BCUT2D eigenvalue weighted by atomic mass is 10.1. The van der Waals surface area contributed by atoms with Crippen molar-refractivity contribution in [3.8, 4) is 11.1 Å². The minimum Gasteiger partial charge on any atom is -0.512 e. The van der Waals surface area contributed by atoms with Crippen LogP contribution in [0.25, 0.3) is 27.8 Å². The van der Waals surface area contributed by atoms with Crippen LogP contribution in [-0.4, -0.2) is 15.9 Å². The van der Waals surface area contributed by atoms with Gasteiger partial charge >= 0.3 is 0 Å². The zero-order valence-electron chi connectivity index (χ0n) is 12.6. The molecule has 0 saturated carbocycles. The highest BCUT2D eigenvalue weighted by Gasteiger charge is 2.19.